The molecule has 3 amide bonds. The van der Waals surface area contributed by atoms with Crippen molar-refractivity contribution in [1.29, 1.82) is 0 Å². The number of rotatable bonds is 5. The average molecular weight is 398 g/mol. The smallest absolute Gasteiger partial charge is 0.321 e. The van der Waals surface area contributed by atoms with E-state index >= 15 is 0 Å². The topological polar surface area (TPSA) is 100 Å². The Morgan fingerprint density at radius 1 is 1.15 bits per heavy atom. The number of amides is 3. The summed E-state index contributed by atoms with van der Waals surface area (Å²) in [6, 6.07) is 4.59. The number of benzene rings is 1. The van der Waals surface area contributed by atoms with Crippen molar-refractivity contribution in [2.24, 2.45) is 0 Å². The number of carbonyl (C=O) groups is 2. The molecule has 1 aromatic carbocycles. The first kappa shape index (κ1) is 21.3. The van der Waals surface area contributed by atoms with Gasteiger partial charge in [0.25, 0.3) is 5.91 Å². The summed E-state index contributed by atoms with van der Waals surface area (Å²) >= 11 is 0. The van der Waals surface area contributed by atoms with Gasteiger partial charge in [-0.25, -0.2) is 13.2 Å². The standard InChI is InChI=1S/C18H28N4O4S/c1-13(2)19-18(24)20-17(23)12-21-7-9-22(10-8-21)27(25,26)16-6-5-14(3)15(4)11-16/h5-6,11,13H,7-10,12H2,1-4H3,(H2,19,20,23,24)/p+1. The Morgan fingerprint density at radius 2 is 1.78 bits per heavy atom. The molecule has 0 aromatic heterocycles. The third kappa shape index (κ3) is 5.75. The molecular formula is C18H29N4O4S+. The van der Waals surface area contributed by atoms with Crippen molar-refractivity contribution in [3.63, 3.8) is 0 Å². The Hall–Kier alpha value is -1.97. The molecule has 0 unspecified atom stereocenters. The second kappa shape index (κ2) is 8.81. The summed E-state index contributed by atoms with van der Waals surface area (Å²) in [7, 11) is -3.53. The van der Waals surface area contributed by atoms with Crippen molar-refractivity contribution in [3.05, 3.63) is 29.3 Å². The van der Waals surface area contributed by atoms with Gasteiger partial charge in [0.1, 0.15) is 0 Å². The maximum Gasteiger partial charge on any atom is 0.321 e. The van der Waals surface area contributed by atoms with Crippen LogP contribution in [-0.2, 0) is 14.8 Å². The molecule has 2 rings (SSSR count). The molecule has 0 radical (unpaired) electrons. The minimum Gasteiger partial charge on any atom is -0.336 e. The monoisotopic (exact) mass is 397 g/mol. The molecule has 0 aliphatic carbocycles. The van der Waals surface area contributed by atoms with Crippen LogP contribution in [-0.4, -0.2) is 63.4 Å². The van der Waals surface area contributed by atoms with Crippen molar-refractivity contribution in [2.75, 3.05) is 32.7 Å². The van der Waals surface area contributed by atoms with E-state index in [4.69, 9.17) is 0 Å². The molecule has 27 heavy (non-hydrogen) atoms. The third-order valence-electron chi connectivity index (χ3n) is 4.63. The molecule has 3 N–H and O–H groups in total. The highest BCUT2D eigenvalue weighted by Crippen LogP contribution is 2.19. The molecule has 1 aromatic rings. The predicted octanol–water partition coefficient (Wildman–Crippen LogP) is -0.573. The van der Waals surface area contributed by atoms with Crippen LogP contribution in [0.5, 0.6) is 0 Å². The van der Waals surface area contributed by atoms with E-state index in [2.05, 4.69) is 10.6 Å². The van der Waals surface area contributed by atoms with Crippen molar-refractivity contribution < 1.29 is 22.9 Å². The molecule has 1 saturated heterocycles. The lowest BCUT2D eigenvalue weighted by molar-refractivity contribution is -0.895. The maximum atomic E-state index is 12.8. The third-order valence-corrected chi connectivity index (χ3v) is 6.52. The van der Waals surface area contributed by atoms with Gasteiger partial charge in [0.2, 0.25) is 10.0 Å². The molecule has 0 bridgehead atoms. The number of aryl methyl sites for hydroxylation is 2. The number of nitrogens with one attached hydrogen (secondary N) is 3. The van der Waals surface area contributed by atoms with Gasteiger partial charge in [-0.1, -0.05) is 6.07 Å². The Labute approximate surface area is 161 Å². The fraction of sp³-hybridized carbons (Fsp3) is 0.556. The fourth-order valence-electron chi connectivity index (χ4n) is 2.94. The molecule has 0 saturated carbocycles. The van der Waals surface area contributed by atoms with E-state index in [0.29, 0.717) is 31.1 Å². The summed E-state index contributed by atoms with van der Waals surface area (Å²) in [6.07, 6.45) is 0. The van der Waals surface area contributed by atoms with Gasteiger partial charge >= 0.3 is 6.03 Å². The lowest BCUT2D eigenvalue weighted by Crippen LogP contribution is -3.15. The maximum absolute atomic E-state index is 12.8. The van der Waals surface area contributed by atoms with Crippen LogP contribution in [0.3, 0.4) is 0 Å². The van der Waals surface area contributed by atoms with Crippen LogP contribution in [0.2, 0.25) is 0 Å². The molecule has 1 fully saturated rings. The molecule has 150 valence electrons. The highest BCUT2D eigenvalue weighted by Gasteiger charge is 2.31. The van der Waals surface area contributed by atoms with Crippen LogP contribution < -0.4 is 15.5 Å². The Bertz CT molecular complexity index is 800. The number of urea groups is 1. The minimum absolute atomic E-state index is 0.0516. The minimum atomic E-state index is -3.53. The normalized spacial score (nSPS) is 16.3. The number of quaternary nitrogens is 1. The Kier molecular flexibility index (Phi) is 6.96. The second-order valence-electron chi connectivity index (χ2n) is 7.25. The van der Waals surface area contributed by atoms with Crippen LogP contribution in [0.4, 0.5) is 4.79 Å². The highest BCUT2D eigenvalue weighted by molar-refractivity contribution is 7.89. The Morgan fingerprint density at radius 3 is 2.33 bits per heavy atom. The Balaban J connectivity index is 1.90. The number of hydrogen-bond donors (Lipinski definition) is 3. The van der Waals surface area contributed by atoms with E-state index < -0.39 is 16.1 Å². The van der Waals surface area contributed by atoms with Crippen LogP contribution in [0, 0.1) is 13.8 Å². The van der Waals surface area contributed by atoms with E-state index in [1.54, 1.807) is 12.1 Å². The largest absolute Gasteiger partial charge is 0.336 e. The average Bonchev–Trinajstić information content (AvgIpc) is 2.56. The number of piperazine rings is 1. The number of hydrogen-bond acceptors (Lipinski definition) is 4. The van der Waals surface area contributed by atoms with E-state index in [1.807, 2.05) is 33.8 Å². The van der Waals surface area contributed by atoms with E-state index in [-0.39, 0.29) is 18.5 Å². The summed E-state index contributed by atoms with van der Waals surface area (Å²) in [4.78, 5) is 24.8. The molecule has 9 heteroatoms. The van der Waals surface area contributed by atoms with E-state index in [0.717, 1.165) is 16.0 Å². The second-order valence-corrected chi connectivity index (χ2v) is 9.19. The number of imide groups is 1. The molecule has 0 spiro atoms. The lowest BCUT2D eigenvalue weighted by Gasteiger charge is -2.31. The summed E-state index contributed by atoms with van der Waals surface area (Å²) in [6.45, 7) is 9.32. The molecule has 1 aliphatic heterocycles. The summed E-state index contributed by atoms with van der Waals surface area (Å²) in [5.74, 6) is -0.367. The van der Waals surface area contributed by atoms with Gasteiger partial charge in [0.05, 0.1) is 31.1 Å². The van der Waals surface area contributed by atoms with Gasteiger partial charge < -0.3 is 10.2 Å². The lowest BCUT2D eigenvalue weighted by atomic mass is 10.1. The van der Waals surface area contributed by atoms with Crippen molar-refractivity contribution in [3.8, 4) is 0 Å². The van der Waals surface area contributed by atoms with Crippen LogP contribution in [0.15, 0.2) is 23.1 Å². The number of carbonyl (C=O) groups excluding carboxylic acids is 2. The highest BCUT2D eigenvalue weighted by atomic mass is 32.2. The molecule has 8 nitrogen and oxygen atoms in total. The summed E-state index contributed by atoms with van der Waals surface area (Å²) < 4.78 is 27.1. The van der Waals surface area contributed by atoms with Gasteiger partial charge in [-0.05, 0) is 51.0 Å². The van der Waals surface area contributed by atoms with Crippen molar-refractivity contribution in [2.45, 2.75) is 38.6 Å². The van der Waals surface area contributed by atoms with Gasteiger partial charge in [-0.3, -0.25) is 10.1 Å². The molecule has 1 heterocycles. The zero-order valence-electron chi connectivity index (χ0n) is 16.3. The molecular weight excluding hydrogens is 368 g/mol. The van der Waals surface area contributed by atoms with Crippen molar-refractivity contribution in [1.82, 2.24) is 14.9 Å². The van der Waals surface area contributed by atoms with Gasteiger partial charge in [-0.2, -0.15) is 4.31 Å². The first-order valence-corrected chi connectivity index (χ1v) is 10.5. The molecule has 0 atom stereocenters. The van der Waals surface area contributed by atoms with E-state index in [9.17, 15) is 18.0 Å². The van der Waals surface area contributed by atoms with Crippen LogP contribution in [0.25, 0.3) is 0 Å². The predicted molar refractivity (Wildman–Crippen MR) is 102 cm³/mol. The summed E-state index contributed by atoms with van der Waals surface area (Å²) in [5.41, 5.74) is 1.99. The first-order chi connectivity index (χ1) is 12.6. The number of nitrogens with zero attached hydrogens (tertiary/aromatic N) is 1. The zero-order valence-corrected chi connectivity index (χ0v) is 17.1. The molecule has 1 aliphatic rings. The summed E-state index contributed by atoms with van der Waals surface area (Å²) in [5, 5.41) is 4.89. The van der Waals surface area contributed by atoms with Gasteiger partial charge in [0, 0.05) is 6.04 Å². The van der Waals surface area contributed by atoms with Crippen molar-refractivity contribution >= 4 is 22.0 Å². The zero-order chi connectivity index (χ0) is 20.2. The fourth-order valence-corrected chi connectivity index (χ4v) is 4.47. The number of sulfonamides is 1. The quantitative estimate of drug-likeness (QED) is 0.619. The SMILES string of the molecule is Cc1ccc(S(=O)(=O)N2CC[NH+](CC(=O)NC(=O)NC(C)C)CC2)cc1C. The van der Waals surface area contributed by atoms with Crippen LogP contribution in [0.1, 0.15) is 25.0 Å². The van der Waals surface area contributed by atoms with Crippen LogP contribution >= 0.6 is 0 Å². The first-order valence-electron chi connectivity index (χ1n) is 9.11. The van der Waals surface area contributed by atoms with Gasteiger partial charge in [0.15, 0.2) is 6.54 Å². The van der Waals surface area contributed by atoms with E-state index in [1.165, 1.54) is 4.31 Å². The van der Waals surface area contributed by atoms with Gasteiger partial charge in [-0.15, -0.1) is 0 Å².